The summed E-state index contributed by atoms with van der Waals surface area (Å²) in [6, 6.07) is 10.0. The maximum atomic E-state index is 12.0. The number of nitrogens with zero attached hydrogens (tertiary/aromatic N) is 1. The van der Waals surface area contributed by atoms with Gasteiger partial charge in [0.1, 0.15) is 12.2 Å². The molecular weight excluding hydrogens is 292 g/mol. The lowest BCUT2D eigenvalue weighted by Crippen LogP contribution is -2.30. The number of aromatic nitrogens is 1. The highest BCUT2D eigenvalue weighted by Crippen LogP contribution is 2.22. The lowest BCUT2D eigenvalue weighted by atomic mass is 10.1. The Kier molecular flexibility index (Phi) is 4.65. The van der Waals surface area contributed by atoms with Crippen molar-refractivity contribution >= 4 is 23.5 Å². The molecule has 0 bridgehead atoms. The number of benzene rings is 1. The summed E-state index contributed by atoms with van der Waals surface area (Å²) in [6.45, 7) is 1.77. The average Bonchev–Trinajstić information content (AvgIpc) is 2.87. The van der Waals surface area contributed by atoms with Gasteiger partial charge in [0, 0.05) is 11.2 Å². The lowest BCUT2D eigenvalue weighted by molar-refractivity contribution is -0.122. The fourth-order valence-corrected chi connectivity index (χ4v) is 2.39. The molecule has 2 N–H and O–H groups in total. The van der Waals surface area contributed by atoms with E-state index >= 15 is 0 Å². The van der Waals surface area contributed by atoms with Gasteiger partial charge >= 0.3 is 5.97 Å². The van der Waals surface area contributed by atoms with Crippen LogP contribution >= 0.6 is 11.6 Å². The second-order valence-corrected chi connectivity index (χ2v) is 5.04. The number of carboxylic acid groups (broad SMARTS) is 1. The summed E-state index contributed by atoms with van der Waals surface area (Å²) in [5.41, 5.74) is 0.897. The number of aromatic carboxylic acids is 1. The van der Waals surface area contributed by atoms with Gasteiger partial charge in [-0.15, -0.1) is 0 Å². The SMILES string of the molecule is CC(NC(=O)Cn1cccc1C(=O)O)c1ccccc1Cl. The number of nitrogens with one attached hydrogen (secondary N) is 1. The van der Waals surface area contributed by atoms with Gasteiger partial charge in [0.05, 0.1) is 6.04 Å². The predicted molar refractivity (Wildman–Crippen MR) is 79.4 cm³/mol. The van der Waals surface area contributed by atoms with Gasteiger partial charge in [-0.2, -0.15) is 0 Å². The normalized spacial score (nSPS) is 11.9. The number of carbonyl (C=O) groups is 2. The lowest BCUT2D eigenvalue weighted by Gasteiger charge is -2.16. The molecule has 1 amide bonds. The molecule has 2 aromatic rings. The van der Waals surface area contributed by atoms with Crippen molar-refractivity contribution in [3.63, 3.8) is 0 Å². The van der Waals surface area contributed by atoms with Crippen molar-refractivity contribution in [3.8, 4) is 0 Å². The number of rotatable bonds is 5. The van der Waals surface area contributed by atoms with Crippen LogP contribution in [0.1, 0.15) is 29.0 Å². The Hall–Kier alpha value is -2.27. The molecule has 0 aliphatic carbocycles. The second kappa shape index (κ2) is 6.45. The number of halogens is 1. The molecule has 1 atom stereocenters. The number of hydrogen-bond donors (Lipinski definition) is 2. The Labute approximate surface area is 127 Å². The third-order valence-electron chi connectivity index (χ3n) is 3.11. The minimum Gasteiger partial charge on any atom is -0.477 e. The molecule has 1 unspecified atom stereocenters. The van der Waals surface area contributed by atoms with Crippen LogP contribution < -0.4 is 5.32 Å². The molecule has 0 radical (unpaired) electrons. The molecule has 0 spiro atoms. The topological polar surface area (TPSA) is 71.3 Å². The molecule has 6 heteroatoms. The molecule has 1 aromatic carbocycles. The van der Waals surface area contributed by atoms with Crippen molar-refractivity contribution in [1.29, 1.82) is 0 Å². The van der Waals surface area contributed by atoms with Crippen molar-refractivity contribution < 1.29 is 14.7 Å². The van der Waals surface area contributed by atoms with Gasteiger partial charge in [0.15, 0.2) is 0 Å². The van der Waals surface area contributed by atoms with Crippen LogP contribution in [0.15, 0.2) is 42.6 Å². The van der Waals surface area contributed by atoms with Crippen LogP contribution in [-0.4, -0.2) is 21.6 Å². The molecule has 2 rings (SSSR count). The fraction of sp³-hybridized carbons (Fsp3) is 0.200. The van der Waals surface area contributed by atoms with Crippen LogP contribution in [0.2, 0.25) is 5.02 Å². The minimum absolute atomic E-state index is 0.0522. The van der Waals surface area contributed by atoms with Crippen molar-refractivity contribution in [2.45, 2.75) is 19.5 Å². The molecule has 0 aliphatic heterocycles. The van der Waals surface area contributed by atoms with Crippen molar-refractivity contribution in [2.24, 2.45) is 0 Å². The number of hydrogen-bond acceptors (Lipinski definition) is 2. The summed E-state index contributed by atoms with van der Waals surface area (Å²) in [5, 5.41) is 12.4. The summed E-state index contributed by atoms with van der Waals surface area (Å²) in [7, 11) is 0. The van der Waals surface area contributed by atoms with E-state index in [9.17, 15) is 9.59 Å². The van der Waals surface area contributed by atoms with Gasteiger partial charge in [-0.1, -0.05) is 29.8 Å². The van der Waals surface area contributed by atoms with Crippen LogP contribution in [0.25, 0.3) is 0 Å². The van der Waals surface area contributed by atoms with E-state index in [4.69, 9.17) is 16.7 Å². The Morgan fingerprint density at radius 3 is 2.67 bits per heavy atom. The summed E-state index contributed by atoms with van der Waals surface area (Å²) in [6.07, 6.45) is 1.56. The van der Waals surface area contributed by atoms with E-state index in [0.29, 0.717) is 5.02 Å². The summed E-state index contributed by atoms with van der Waals surface area (Å²) >= 11 is 6.08. The smallest absolute Gasteiger partial charge is 0.352 e. The van der Waals surface area contributed by atoms with Gasteiger partial charge in [0.2, 0.25) is 5.91 Å². The maximum Gasteiger partial charge on any atom is 0.352 e. The molecule has 1 aromatic heterocycles. The van der Waals surface area contributed by atoms with Gasteiger partial charge in [0.25, 0.3) is 0 Å². The summed E-state index contributed by atoms with van der Waals surface area (Å²) in [5.74, 6) is -1.34. The Morgan fingerprint density at radius 1 is 1.29 bits per heavy atom. The number of carboxylic acids is 1. The Morgan fingerprint density at radius 2 is 2.00 bits per heavy atom. The van der Waals surface area contributed by atoms with Gasteiger partial charge in [-0.3, -0.25) is 4.79 Å². The Bertz CT molecular complexity index is 666. The van der Waals surface area contributed by atoms with E-state index in [1.54, 1.807) is 18.3 Å². The Balaban J connectivity index is 2.03. The zero-order chi connectivity index (χ0) is 15.4. The van der Waals surface area contributed by atoms with Crippen LogP contribution in [0.5, 0.6) is 0 Å². The molecule has 0 aliphatic rings. The first-order valence-electron chi connectivity index (χ1n) is 6.41. The molecule has 0 fully saturated rings. The van der Waals surface area contributed by atoms with E-state index in [2.05, 4.69) is 5.32 Å². The molecular formula is C15H15ClN2O3. The molecule has 110 valence electrons. The van der Waals surface area contributed by atoms with E-state index in [0.717, 1.165) is 5.56 Å². The first-order chi connectivity index (χ1) is 9.99. The highest BCUT2D eigenvalue weighted by molar-refractivity contribution is 6.31. The van der Waals surface area contributed by atoms with Crippen molar-refractivity contribution in [2.75, 3.05) is 0 Å². The molecule has 0 saturated heterocycles. The second-order valence-electron chi connectivity index (χ2n) is 4.64. The van der Waals surface area contributed by atoms with E-state index in [-0.39, 0.29) is 24.2 Å². The first kappa shape index (κ1) is 15.1. The predicted octanol–water partition coefficient (Wildman–Crippen LogP) is 2.72. The summed E-state index contributed by atoms with van der Waals surface area (Å²) < 4.78 is 1.39. The van der Waals surface area contributed by atoms with Gasteiger partial charge in [-0.05, 0) is 30.7 Å². The first-order valence-corrected chi connectivity index (χ1v) is 6.79. The van der Waals surface area contributed by atoms with E-state index < -0.39 is 5.97 Å². The zero-order valence-corrected chi connectivity index (χ0v) is 12.2. The molecule has 1 heterocycles. The summed E-state index contributed by atoms with van der Waals surface area (Å²) in [4.78, 5) is 23.0. The van der Waals surface area contributed by atoms with Crippen LogP contribution in [0.3, 0.4) is 0 Å². The standard InChI is InChI=1S/C15H15ClN2O3/c1-10(11-5-2-3-6-12(11)16)17-14(19)9-18-8-4-7-13(18)15(20)21/h2-8,10H,9H2,1H3,(H,17,19)(H,20,21). The minimum atomic E-state index is -1.06. The quantitative estimate of drug-likeness (QED) is 0.892. The van der Waals surface area contributed by atoms with Crippen molar-refractivity contribution in [1.82, 2.24) is 9.88 Å². The van der Waals surface area contributed by atoms with E-state index in [1.807, 2.05) is 25.1 Å². The third-order valence-corrected chi connectivity index (χ3v) is 3.46. The maximum absolute atomic E-state index is 12.0. The van der Waals surface area contributed by atoms with Crippen LogP contribution in [-0.2, 0) is 11.3 Å². The van der Waals surface area contributed by atoms with Crippen LogP contribution in [0.4, 0.5) is 0 Å². The average molecular weight is 307 g/mol. The third kappa shape index (κ3) is 3.64. The molecule has 5 nitrogen and oxygen atoms in total. The van der Waals surface area contributed by atoms with Crippen molar-refractivity contribution in [3.05, 3.63) is 58.9 Å². The van der Waals surface area contributed by atoms with E-state index in [1.165, 1.54) is 10.6 Å². The highest BCUT2D eigenvalue weighted by Gasteiger charge is 2.15. The number of carbonyl (C=O) groups excluding carboxylic acids is 1. The molecule has 21 heavy (non-hydrogen) atoms. The molecule has 0 saturated carbocycles. The van der Waals surface area contributed by atoms with Crippen LogP contribution in [0, 0.1) is 0 Å². The van der Waals surface area contributed by atoms with Gasteiger partial charge in [-0.25, -0.2) is 4.79 Å². The fourth-order valence-electron chi connectivity index (χ4n) is 2.09. The monoisotopic (exact) mass is 306 g/mol. The zero-order valence-electron chi connectivity index (χ0n) is 11.4. The number of amides is 1. The highest BCUT2D eigenvalue weighted by atomic mass is 35.5. The largest absolute Gasteiger partial charge is 0.477 e. The van der Waals surface area contributed by atoms with Gasteiger partial charge < -0.3 is 15.0 Å².